The van der Waals surface area contributed by atoms with Gasteiger partial charge in [-0.15, -0.1) is 0 Å². The van der Waals surface area contributed by atoms with E-state index < -0.39 is 5.92 Å². The molecule has 0 aromatic carbocycles. The maximum absolute atomic E-state index is 13.2. The van der Waals surface area contributed by atoms with Gasteiger partial charge in [0.25, 0.3) is 5.92 Å². The lowest BCUT2D eigenvalue weighted by molar-refractivity contribution is 0.0127. The van der Waals surface area contributed by atoms with Crippen LogP contribution in [0.5, 0.6) is 0 Å². The Balaban J connectivity index is 1.51. The summed E-state index contributed by atoms with van der Waals surface area (Å²) >= 11 is 0. The Kier molecular flexibility index (Phi) is 4.02. The summed E-state index contributed by atoms with van der Waals surface area (Å²) in [5, 5.41) is 5.75. The third kappa shape index (κ3) is 3.36. The molecule has 0 radical (unpaired) electrons. The molecule has 2 amide bonds. The van der Waals surface area contributed by atoms with Crippen LogP contribution in [-0.4, -0.2) is 17.1 Å². The molecule has 0 spiro atoms. The van der Waals surface area contributed by atoms with Crippen LogP contribution < -0.4 is 10.6 Å². The molecule has 120 valence electrons. The van der Waals surface area contributed by atoms with E-state index in [1.54, 1.807) is 6.07 Å². The van der Waals surface area contributed by atoms with Crippen molar-refractivity contribution in [2.75, 3.05) is 0 Å². The summed E-state index contributed by atoms with van der Waals surface area (Å²) in [7, 11) is 0. The van der Waals surface area contributed by atoms with Crippen molar-refractivity contribution in [2.24, 2.45) is 11.8 Å². The van der Waals surface area contributed by atoms with E-state index in [0.29, 0.717) is 11.5 Å². The topological polar surface area (TPSA) is 54.0 Å². The number of halogens is 2. The Morgan fingerprint density at radius 1 is 1.41 bits per heavy atom. The van der Waals surface area contributed by atoms with Gasteiger partial charge in [0.05, 0.1) is 0 Å². The zero-order valence-corrected chi connectivity index (χ0v) is 12.6. The number of aromatic nitrogens is 1. The van der Waals surface area contributed by atoms with Crippen LogP contribution in [0.4, 0.5) is 13.6 Å². The van der Waals surface area contributed by atoms with Crippen molar-refractivity contribution in [3.63, 3.8) is 0 Å². The average molecular weight is 309 g/mol. The fraction of sp³-hybridized carbons (Fsp3) is 0.625. The van der Waals surface area contributed by atoms with Gasteiger partial charge in [0.1, 0.15) is 5.69 Å². The normalized spacial score (nSPS) is 27.0. The van der Waals surface area contributed by atoms with Gasteiger partial charge in [-0.3, -0.25) is 4.98 Å². The molecule has 22 heavy (non-hydrogen) atoms. The molecule has 3 rings (SSSR count). The minimum absolute atomic E-state index is 0.220. The molecule has 1 aromatic rings. The van der Waals surface area contributed by atoms with Gasteiger partial charge >= 0.3 is 6.03 Å². The van der Waals surface area contributed by atoms with Gasteiger partial charge in [-0.1, -0.05) is 6.42 Å². The predicted octanol–water partition coefficient (Wildman–Crippen LogP) is 3.18. The molecule has 2 N–H and O–H groups in total. The third-order valence-electron chi connectivity index (χ3n) is 4.78. The lowest BCUT2D eigenvalue weighted by Crippen LogP contribution is -2.44. The molecule has 0 aliphatic heterocycles. The van der Waals surface area contributed by atoms with Crippen molar-refractivity contribution < 1.29 is 13.6 Å². The minimum Gasteiger partial charge on any atom is -0.335 e. The van der Waals surface area contributed by atoms with E-state index in [1.165, 1.54) is 31.5 Å². The van der Waals surface area contributed by atoms with Gasteiger partial charge in [-0.05, 0) is 48.8 Å². The zero-order chi connectivity index (χ0) is 15.7. The number of urea groups is 1. The quantitative estimate of drug-likeness (QED) is 0.897. The van der Waals surface area contributed by atoms with Gasteiger partial charge in [0.2, 0.25) is 0 Å². The second-order valence-corrected chi connectivity index (χ2v) is 6.55. The summed E-state index contributed by atoms with van der Waals surface area (Å²) in [5.74, 6) is -1.59. The summed E-state index contributed by atoms with van der Waals surface area (Å²) in [6.45, 7) is 1.03. The Bertz CT molecular complexity index is 559. The van der Waals surface area contributed by atoms with Crippen molar-refractivity contribution in [2.45, 2.75) is 51.1 Å². The van der Waals surface area contributed by atoms with Crippen LogP contribution in [0.25, 0.3) is 0 Å². The number of fused-ring (bicyclic) bond motifs is 2. The molecule has 4 nitrogen and oxygen atoms in total. The van der Waals surface area contributed by atoms with Crippen molar-refractivity contribution in [1.82, 2.24) is 15.6 Å². The number of alkyl halides is 2. The summed E-state index contributed by atoms with van der Waals surface area (Å²) in [4.78, 5) is 15.6. The molecule has 1 heterocycles. The average Bonchev–Trinajstić information content (AvgIpc) is 3.07. The molecule has 0 saturated heterocycles. The van der Waals surface area contributed by atoms with Gasteiger partial charge < -0.3 is 10.6 Å². The van der Waals surface area contributed by atoms with E-state index >= 15 is 0 Å². The fourth-order valence-electron chi connectivity index (χ4n) is 3.65. The van der Waals surface area contributed by atoms with Crippen LogP contribution in [0.1, 0.15) is 43.9 Å². The van der Waals surface area contributed by atoms with Crippen LogP contribution in [0.2, 0.25) is 0 Å². The molecule has 2 saturated carbocycles. The lowest BCUT2D eigenvalue weighted by Gasteiger charge is -2.23. The molecular weight excluding hydrogens is 288 g/mol. The van der Waals surface area contributed by atoms with E-state index in [2.05, 4.69) is 15.6 Å². The standard InChI is InChI=1S/C16H21F2N3O/c1-16(17,18)14-8-11(4-5-19-14)9-20-15(22)21-13-7-10-2-3-12(13)6-10/h4-5,8,10,12-13H,2-3,6-7,9H2,1H3,(H2,20,21,22)/t10-,12+,13+/m0/s1. The molecule has 1 aromatic heterocycles. The van der Waals surface area contributed by atoms with Crippen LogP contribution in [0.3, 0.4) is 0 Å². The first-order valence-corrected chi connectivity index (χ1v) is 7.79. The molecule has 2 aliphatic rings. The molecule has 2 aliphatic carbocycles. The maximum atomic E-state index is 13.2. The highest BCUT2D eigenvalue weighted by Gasteiger charge is 2.40. The SMILES string of the molecule is CC(F)(F)c1cc(CNC(=O)N[C@@H]2C[C@H]3CC[C@@H]2C3)ccn1. The minimum atomic E-state index is -2.97. The number of amides is 2. The Morgan fingerprint density at radius 2 is 2.23 bits per heavy atom. The van der Waals surface area contributed by atoms with Crippen molar-refractivity contribution >= 4 is 6.03 Å². The second kappa shape index (κ2) is 5.82. The number of nitrogens with one attached hydrogen (secondary N) is 2. The number of nitrogens with zero attached hydrogens (tertiary/aromatic N) is 1. The highest BCUT2D eigenvalue weighted by molar-refractivity contribution is 5.74. The number of pyridine rings is 1. The summed E-state index contributed by atoms with van der Waals surface area (Å²) in [5.41, 5.74) is 0.343. The van der Waals surface area contributed by atoms with Gasteiger partial charge in [0.15, 0.2) is 0 Å². The van der Waals surface area contributed by atoms with E-state index in [0.717, 1.165) is 19.3 Å². The van der Waals surface area contributed by atoms with Crippen molar-refractivity contribution in [3.8, 4) is 0 Å². The second-order valence-electron chi connectivity index (χ2n) is 6.55. The smallest absolute Gasteiger partial charge is 0.315 e. The number of rotatable bonds is 4. The van der Waals surface area contributed by atoms with Gasteiger partial charge in [0, 0.05) is 25.7 Å². The first-order chi connectivity index (χ1) is 10.4. The molecule has 3 atom stereocenters. The third-order valence-corrected chi connectivity index (χ3v) is 4.78. The monoisotopic (exact) mass is 309 g/mol. The predicted molar refractivity (Wildman–Crippen MR) is 78.4 cm³/mol. The van der Waals surface area contributed by atoms with E-state index in [1.807, 2.05) is 0 Å². The number of hydrogen-bond donors (Lipinski definition) is 2. The van der Waals surface area contributed by atoms with Crippen molar-refractivity contribution in [3.05, 3.63) is 29.6 Å². The maximum Gasteiger partial charge on any atom is 0.315 e. The number of carbonyl (C=O) groups excluding carboxylic acids is 1. The van der Waals surface area contributed by atoms with Crippen LogP contribution in [0.15, 0.2) is 18.3 Å². The first-order valence-electron chi connectivity index (χ1n) is 7.79. The first kappa shape index (κ1) is 15.2. The van der Waals surface area contributed by atoms with Crippen LogP contribution in [-0.2, 0) is 12.5 Å². The highest BCUT2D eigenvalue weighted by atomic mass is 19.3. The van der Waals surface area contributed by atoms with Crippen molar-refractivity contribution in [1.29, 1.82) is 0 Å². The summed E-state index contributed by atoms with van der Waals surface area (Å²) in [6, 6.07) is 3.01. The number of carbonyl (C=O) groups is 1. The van der Waals surface area contributed by atoms with Gasteiger partial charge in [-0.2, -0.15) is 8.78 Å². The fourth-order valence-corrected chi connectivity index (χ4v) is 3.65. The summed E-state index contributed by atoms with van der Waals surface area (Å²) in [6.07, 6.45) is 6.13. The number of hydrogen-bond acceptors (Lipinski definition) is 2. The Morgan fingerprint density at radius 3 is 2.86 bits per heavy atom. The zero-order valence-electron chi connectivity index (χ0n) is 12.6. The lowest BCUT2D eigenvalue weighted by atomic mass is 9.95. The van der Waals surface area contributed by atoms with Gasteiger partial charge in [-0.25, -0.2) is 4.79 Å². The Labute approximate surface area is 128 Å². The van der Waals surface area contributed by atoms with E-state index in [9.17, 15) is 13.6 Å². The molecular formula is C16H21F2N3O. The Hall–Kier alpha value is -1.72. The molecule has 6 heteroatoms. The highest BCUT2D eigenvalue weighted by Crippen LogP contribution is 2.44. The van der Waals surface area contributed by atoms with E-state index in [-0.39, 0.29) is 24.3 Å². The largest absolute Gasteiger partial charge is 0.335 e. The molecule has 2 bridgehead atoms. The van der Waals surface area contributed by atoms with Crippen LogP contribution in [0, 0.1) is 11.8 Å². The van der Waals surface area contributed by atoms with Crippen LogP contribution >= 0.6 is 0 Å². The molecule has 0 unspecified atom stereocenters. The van der Waals surface area contributed by atoms with E-state index in [4.69, 9.17) is 0 Å². The molecule has 2 fully saturated rings. The summed E-state index contributed by atoms with van der Waals surface area (Å²) < 4.78 is 26.5.